The molecular formula is C13H13ClFN3O2S. The molecule has 8 heteroatoms. The van der Waals surface area contributed by atoms with E-state index in [4.69, 9.17) is 11.6 Å². The van der Waals surface area contributed by atoms with Crippen molar-refractivity contribution in [1.82, 2.24) is 9.29 Å². The Morgan fingerprint density at radius 1 is 1.48 bits per heavy atom. The summed E-state index contributed by atoms with van der Waals surface area (Å²) in [5, 5.41) is 3.46. The van der Waals surface area contributed by atoms with Crippen molar-refractivity contribution in [3.63, 3.8) is 0 Å². The fourth-order valence-electron chi connectivity index (χ4n) is 2.46. The molecule has 1 aromatic carbocycles. The molecule has 0 fully saturated rings. The van der Waals surface area contributed by atoms with Gasteiger partial charge in [-0.2, -0.15) is 0 Å². The molecule has 112 valence electrons. The Hall–Kier alpha value is -1.60. The highest BCUT2D eigenvalue weighted by Gasteiger charge is 2.20. The average Bonchev–Trinajstić information content (AvgIpc) is 3.02. The molecule has 1 aromatic heterocycles. The average molecular weight is 330 g/mol. The molecule has 0 atom stereocenters. The molecule has 2 heterocycles. The first-order valence-corrected chi connectivity index (χ1v) is 8.56. The number of hydrogen-bond donors (Lipinski definition) is 1. The zero-order valence-corrected chi connectivity index (χ0v) is 12.8. The van der Waals surface area contributed by atoms with Crippen molar-refractivity contribution < 1.29 is 12.8 Å². The summed E-state index contributed by atoms with van der Waals surface area (Å²) in [7, 11) is -3.50. The monoisotopic (exact) mass is 329 g/mol. The van der Waals surface area contributed by atoms with E-state index in [2.05, 4.69) is 10.3 Å². The lowest BCUT2D eigenvalue weighted by Gasteiger charge is -2.03. The highest BCUT2D eigenvalue weighted by Crippen LogP contribution is 2.32. The van der Waals surface area contributed by atoms with Gasteiger partial charge in [0.15, 0.2) is 0 Å². The predicted molar refractivity (Wildman–Crippen MR) is 81.2 cm³/mol. The minimum Gasteiger partial charge on any atom is -0.372 e. The van der Waals surface area contributed by atoms with Crippen molar-refractivity contribution in [2.24, 2.45) is 4.99 Å². The number of nitrogens with one attached hydrogen (secondary N) is 1. The van der Waals surface area contributed by atoms with Crippen molar-refractivity contribution in [3.05, 3.63) is 34.7 Å². The maximum absolute atomic E-state index is 13.7. The van der Waals surface area contributed by atoms with Gasteiger partial charge in [-0.3, -0.25) is 4.99 Å². The normalized spacial score (nSPS) is 15.3. The lowest BCUT2D eigenvalue weighted by molar-refractivity contribution is 0.595. The molecule has 1 aliphatic heterocycles. The van der Waals surface area contributed by atoms with Crippen LogP contribution in [0.25, 0.3) is 10.9 Å². The van der Waals surface area contributed by atoms with Crippen LogP contribution in [0.1, 0.15) is 5.56 Å². The number of benzene rings is 1. The van der Waals surface area contributed by atoms with E-state index in [-0.39, 0.29) is 5.02 Å². The van der Waals surface area contributed by atoms with Crippen molar-refractivity contribution in [3.8, 4) is 0 Å². The molecule has 0 spiro atoms. The van der Waals surface area contributed by atoms with E-state index in [1.165, 1.54) is 18.3 Å². The molecule has 0 saturated heterocycles. The number of amidine groups is 1. The second-order valence-corrected chi connectivity index (χ2v) is 7.14. The summed E-state index contributed by atoms with van der Waals surface area (Å²) in [6, 6.07) is 2.59. The van der Waals surface area contributed by atoms with Crippen LogP contribution in [-0.2, 0) is 16.4 Å². The summed E-state index contributed by atoms with van der Waals surface area (Å²) in [4.78, 5) is 4.27. The van der Waals surface area contributed by atoms with Crippen LogP contribution in [0, 0.1) is 5.82 Å². The highest BCUT2D eigenvalue weighted by molar-refractivity contribution is 7.89. The highest BCUT2D eigenvalue weighted by atomic mass is 35.5. The zero-order chi connectivity index (χ0) is 15.2. The molecule has 0 bridgehead atoms. The summed E-state index contributed by atoms with van der Waals surface area (Å²) < 4.78 is 38.6. The van der Waals surface area contributed by atoms with Gasteiger partial charge in [0, 0.05) is 24.5 Å². The van der Waals surface area contributed by atoms with Crippen LogP contribution in [0.15, 0.2) is 23.3 Å². The van der Waals surface area contributed by atoms with Gasteiger partial charge in [-0.05, 0) is 17.7 Å². The van der Waals surface area contributed by atoms with E-state index in [9.17, 15) is 12.8 Å². The number of aromatic nitrogens is 1. The predicted octanol–water partition coefficient (Wildman–Crippen LogP) is 1.79. The molecule has 5 nitrogen and oxygen atoms in total. The number of fused-ring (bicyclic) bond motifs is 1. The van der Waals surface area contributed by atoms with E-state index in [1.54, 1.807) is 0 Å². The van der Waals surface area contributed by atoms with Crippen molar-refractivity contribution in [2.45, 2.75) is 6.42 Å². The Bertz CT molecular complexity index is 858. The Morgan fingerprint density at radius 3 is 2.86 bits per heavy atom. The summed E-state index contributed by atoms with van der Waals surface area (Å²) in [6.45, 7) is 1.43. The molecule has 0 radical (unpaired) electrons. The Labute approximate surface area is 126 Å². The molecule has 1 N–H and O–H groups in total. The summed E-state index contributed by atoms with van der Waals surface area (Å²) in [5.41, 5.74) is 1.01. The van der Waals surface area contributed by atoms with Gasteiger partial charge in [-0.1, -0.05) is 11.6 Å². The van der Waals surface area contributed by atoms with Crippen LogP contribution >= 0.6 is 11.6 Å². The molecule has 0 unspecified atom stereocenters. The second kappa shape index (κ2) is 4.99. The van der Waals surface area contributed by atoms with Crippen LogP contribution in [0.2, 0.25) is 5.02 Å². The van der Waals surface area contributed by atoms with Gasteiger partial charge < -0.3 is 5.32 Å². The molecule has 3 rings (SSSR count). The maximum Gasteiger partial charge on any atom is 0.236 e. The van der Waals surface area contributed by atoms with Gasteiger partial charge in [0.2, 0.25) is 10.0 Å². The van der Waals surface area contributed by atoms with E-state index in [0.717, 1.165) is 22.6 Å². The van der Waals surface area contributed by atoms with Crippen LogP contribution in [0.5, 0.6) is 0 Å². The van der Waals surface area contributed by atoms with Crippen molar-refractivity contribution in [1.29, 1.82) is 0 Å². The molecule has 1 aliphatic rings. The third kappa shape index (κ3) is 2.51. The van der Waals surface area contributed by atoms with Gasteiger partial charge in [-0.15, -0.1) is 0 Å². The third-order valence-corrected chi connectivity index (χ3v) is 4.75. The molecule has 2 aromatic rings. The molecule has 21 heavy (non-hydrogen) atoms. The summed E-state index contributed by atoms with van der Waals surface area (Å²) >= 11 is 6.04. The number of nitrogens with zero attached hydrogens (tertiary/aromatic N) is 2. The van der Waals surface area contributed by atoms with E-state index < -0.39 is 15.8 Å². The summed E-state index contributed by atoms with van der Waals surface area (Å²) in [6.07, 6.45) is 2.97. The van der Waals surface area contributed by atoms with Crippen molar-refractivity contribution in [2.75, 3.05) is 19.3 Å². The first-order chi connectivity index (χ1) is 9.88. The first kappa shape index (κ1) is 14.3. The standard InChI is InChI=1S/C13H13ClFN3O2S/c1-21(19,20)18-7-8(6-11-16-4-5-17-11)12-10(18)3-2-9(15)13(12)14/h2-3,7H,4-6H2,1H3,(H,16,17). The number of hydrogen-bond acceptors (Lipinski definition) is 4. The fraction of sp³-hybridized carbons (Fsp3) is 0.308. The molecular weight excluding hydrogens is 317 g/mol. The fourth-order valence-corrected chi connectivity index (χ4v) is 3.57. The van der Waals surface area contributed by atoms with Gasteiger partial charge in [0.05, 0.1) is 23.3 Å². The van der Waals surface area contributed by atoms with E-state index >= 15 is 0 Å². The molecule has 0 aliphatic carbocycles. The van der Waals surface area contributed by atoms with Crippen LogP contribution in [0.4, 0.5) is 4.39 Å². The lowest BCUT2D eigenvalue weighted by Crippen LogP contribution is -2.20. The zero-order valence-electron chi connectivity index (χ0n) is 11.2. The maximum atomic E-state index is 13.7. The van der Waals surface area contributed by atoms with Crippen LogP contribution in [-0.4, -0.2) is 37.6 Å². The van der Waals surface area contributed by atoms with Crippen molar-refractivity contribution >= 4 is 38.4 Å². The Kier molecular flexibility index (Phi) is 3.41. The first-order valence-electron chi connectivity index (χ1n) is 6.33. The largest absolute Gasteiger partial charge is 0.372 e. The second-order valence-electron chi connectivity index (χ2n) is 4.90. The Balaban J connectivity index is 2.25. The summed E-state index contributed by atoms with van der Waals surface area (Å²) in [5.74, 6) is 0.181. The van der Waals surface area contributed by atoms with E-state index in [0.29, 0.717) is 29.4 Å². The topological polar surface area (TPSA) is 63.5 Å². The van der Waals surface area contributed by atoms with Gasteiger partial charge >= 0.3 is 0 Å². The Morgan fingerprint density at radius 2 is 2.24 bits per heavy atom. The minimum absolute atomic E-state index is 0.0662. The molecule has 0 amide bonds. The van der Waals surface area contributed by atoms with Crippen LogP contribution < -0.4 is 5.32 Å². The minimum atomic E-state index is -3.50. The lowest BCUT2D eigenvalue weighted by atomic mass is 10.1. The number of aliphatic imine (C=N–C) groups is 1. The van der Waals surface area contributed by atoms with Gasteiger partial charge in [0.1, 0.15) is 11.7 Å². The number of rotatable bonds is 3. The number of halogens is 2. The van der Waals surface area contributed by atoms with Gasteiger partial charge in [-0.25, -0.2) is 16.8 Å². The van der Waals surface area contributed by atoms with E-state index in [1.807, 2.05) is 0 Å². The smallest absolute Gasteiger partial charge is 0.236 e. The quantitative estimate of drug-likeness (QED) is 0.933. The van der Waals surface area contributed by atoms with Gasteiger partial charge in [0.25, 0.3) is 0 Å². The van der Waals surface area contributed by atoms with Crippen LogP contribution in [0.3, 0.4) is 0 Å². The molecule has 0 saturated carbocycles. The SMILES string of the molecule is CS(=O)(=O)n1cc(CC2=NCCN2)c2c(Cl)c(F)ccc21. The third-order valence-electron chi connectivity index (χ3n) is 3.36.